The van der Waals surface area contributed by atoms with Crippen molar-refractivity contribution < 1.29 is 76.5 Å². The molecule has 0 aliphatic carbocycles. The third-order valence-electron chi connectivity index (χ3n) is 24.2. The first-order valence-electron chi connectivity index (χ1n) is 47.1. The SMILES string of the molecule is CCCCN1C(=O)C(=Cc2cc(C)n(-c3ccc(C(=O)OCC)cc3)c2C)C(=O)N1CCCC.CCCCN1C(=O)C(=Cc2cc(C)n(-c3ccc(C(=O)OCC)cc3)c2C)C(=O)N1Cc1ccccc1.CCCCN1C(=O)C(=Cc2cc(C)n(-c3ccc(C(=O)OCC)cc3)c2C)C(=O)N1c1ccccc1.CCCCOC(=O)c1ccc(-n2c(C)cc(C=C3C(=O)N(C)N(C)C3=O)c2C)cc1. The number of rotatable bonds is 33. The lowest BCUT2D eigenvalue weighted by Gasteiger charge is -2.27. The van der Waals surface area contributed by atoms with E-state index in [4.69, 9.17) is 18.9 Å². The molecule has 718 valence electrons. The molecule has 8 heterocycles. The third-order valence-corrected chi connectivity index (χ3v) is 24.2. The Labute approximate surface area is 802 Å². The van der Waals surface area contributed by atoms with Crippen molar-refractivity contribution in [3.8, 4) is 22.7 Å². The number of hydrazine groups is 4. The van der Waals surface area contributed by atoms with Crippen molar-refractivity contribution in [1.29, 1.82) is 0 Å². The van der Waals surface area contributed by atoms with E-state index in [1.54, 1.807) is 133 Å². The number of aryl methyl sites for hydroxylation is 4. The van der Waals surface area contributed by atoms with Gasteiger partial charge in [0.05, 0.1) is 60.9 Å². The Morgan fingerprint density at radius 3 is 0.832 bits per heavy atom. The van der Waals surface area contributed by atoms with Gasteiger partial charge in [-0.3, -0.25) is 48.4 Å². The zero-order chi connectivity index (χ0) is 99.2. The predicted octanol–water partition coefficient (Wildman–Crippen LogP) is 18.6. The maximum absolute atomic E-state index is 13.5. The summed E-state index contributed by atoms with van der Waals surface area (Å²) in [7, 11) is 3.14. The Morgan fingerprint density at radius 2 is 0.533 bits per heavy atom. The third kappa shape index (κ3) is 23.3. The van der Waals surface area contributed by atoms with Gasteiger partial charge in [-0.1, -0.05) is 115 Å². The molecule has 0 bridgehead atoms. The van der Waals surface area contributed by atoms with Crippen molar-refractivity contribution in [2.24, 2.45) is 0 Å². The van der Waals surface area contributed by atoms with Crippen molar-refractivity contribution in [3.63, 3.8) is 0 Å². The van der Waals surface area contributed by atoms with Crippen LogP contribution >= 0.6 is 0 Å². The standard InChI is InChI=1S/C30H33N3O4.C29H31N3O4.C27H35N3O4.C23H27N3O4/c1-5-7-17-31-28(34)27(29(35)32(31)20-23-11-9-8-10-12-23)19-25-18-21(3)33(22(25)4)26-15-13-24(14-16-26)30(36)37-6-2;1-5-7-17-30-27(33)26(28(34)32(30)25-11-9-8-10-12-25)19-23-18-20(3)31(21(23)4)24-15-13-22(14-16-24)29(35)36-6-2;1-6-9-15-28-25(31)24(26(32)29(28)16-10-7-2)18-22-17-19(4)30(20(22)5)23-13-11-21(12-14-23)27(33)34-8-3;1-6-7-12-30-23(29)17-8-10-19(11-9-17)26-15(2)13-18(16(26)3)14-20-21(27)24(4)25(5)22(20)28/h8-16,18-19H,5-7,17,20H2,1-4H3;8-16,18-19H,5-7,17H2,1-4H3;11-14,17-18H,6-10,15-16H2,1-5H3;8-11,13-14H,6-7,12H2,1-5H3. The molecular formula is C109H126N12O16. The number of para-hydroxylation sites is 1. The number of hydrogen-bond donors (Lipinski definition) is 0. The molecule has 4 fully saturated rings. The minimum Gasteiger partial charge on any atom is -0.462 e. The van der Waals surface area contributed by atoms with Crippen LogP contribution in [0.5, 0.6) is 0 Å². The number of carbonyl (C=O) groups is 12. The molecule has 8 amide bonds. The number of anilines is 1. The van der Waals surface area contributed by atoms with Crippen molar-refractivity contribution in [2.45, 2.75) is 182 Å². The molecule has 4 aliphatic heterocycles. The van der Waals surface area contributed by atoms with Gasteiger partial charge in [0, 0.05) is 109 Å². The zero-order valence-corrected chi connectivity index (χ0v) is 82.0. The molecule has 0 atom stereocenters. The molecule has 28 nitrogen and oxygen atoms in total. The highest BCUT2D eigenvalue weighted by atomic mass is 16.5. The molecule has 4 saturated heterocycles. The highest BCUT2D eigenvalue weighted by Gasteiger charge is 2.45. The first-order chi connectivity index (χ1) is 65.8. The monoisotopic (exact) mass is 1860 g/mol. The largest absolute Gasteiger partial charge is 0.462 e. The Balaban J connectivity index is 0.000000176. The van der Waals surface area contributed by atoms with Gasteiger partial charge in [0.15, 0.2) is 0 Å². The van der Waals surface area contributed by atoms with Gasteiger partial charge in [-0.15, -0.1) is 0 Å². The summed E-state index contributed by atoms with van der Waals surface area (Å²) in [5.41, 5.74) is 18.5. The van der Waals surface area contributed by atoms with Gasteiger partial charge in [0.25, 0.3) is 47.3 Å². The van der Waals surface area contributed by atoms with Crippen LogP contribution in [0.1, 0.15) is 234 Å². The highest BCUT2D eigenvalue weighted by molar-refractivity contribution is 6.32. The van der Waals surface area contributed by atoms with Crippen molar-refractivity contribution in [3.05, 3.63) is 300 Å². The number of esters is 4. The quantitative estimate of drug-likeness (QED) is 0.0121. The van der Waals surface area contributed by atoms with Gasteiger partial charge in [0.1, 0.15) is 22.3 Å². The summed E-state index contributed by atoms with van der Waals surface area (Å²) < 4.78 is 28.6. The molecular weight excluding hydrogens is 1730 g/mol. The van der Waals surface area contributed by atoms with E-state index in [1.165, 1.54) is 15.0 Å². The fourth-order valence-electron chi connectivity index (χ4n) is 16.7. The number of carbonyl (C=O) groups excluding carboxylic acids is 12. The van der Waals surface area contributed by atoms with Crippen LogP contribution in [0.2, 0.25) is 0 Å². The number of nitrogens with zero attached hydrogens (tertiary/aromatic N) is 12. The van der Waals surface area contributed by atoms with Crippen LogP contribution in [0, 0.1) is 55.4 Å². The molecule has 0 N–H and O–H groups in total. The smallest absolute Gasteiger partial charge is 0.338 e. The van der Waals surface area contributed by atoms with Gasteiger partial charge in [-0.2, -0.15) is 0 Å². The number of benzene rings is 6. The van der Waals surface area contributed by atoms with Crippen molar-refractivity contribution in [2.75, 3.05) is 71.7 Å². The molecule has 28 heteroatoms. The summed E-state index contributed by atoms with van der Waals surface area (Å²) in [5.74, 6) is -3.64. The van der Waals surface area contributed by atoms with Crippen LogP contribution < -0.4 is 5.01 Å². The number of likely N-dealkylation sites (N-methyl/N-ethyl adjacent to an activating group) is 2. The Kier molecular flexibility index (Phi) is 35.4. The predicted molar refractivity (Wildman–Crippen MR) is 529 cm³/mol. The Morgan fingerprint density at radius 1 is 0.277 bits per heavy atom. The average Bonchev–Trinajstić information content (AvgIpc) is 1.62. The molecule has 137 heavy (non-hydrogen) atoms. The van der Waals surface area contributed by atoms with Gasteiger partial charge in [-0.25, -0.2) is 49.2 Å². The van der Waals surface area contributed by atoms with Crippen LogP contribution in [-0.2, 0) is 63.8 Å². The van der Waals surface area contributed by atoms with E-state index in [2.05, 4.69) is 32.3 Å². The van der Waals surface area contributed by atoms with Crippen molar-refractivity contribution in [1.82, 2.24) is 53.3 Å². The maximum atomic E-state index is 13.5. The number of aromatic nitrogens is 4. The summed E-state index contributed by atoms with van der Waals surface area (Å²) in [6.07, 6.45) is 15.6. The maximum Gasteiger partial charge on any atom is 0.338 e. The van der Waals surface area contributed by atoms with Crippen LogP contribution in [0.15, 0.2) is 204 Å². The zero-order valence-electron chi connectivity index (χ0n) is 82.0. The van der Waals surface area contributed by atoms with Crippen LogP contribution in [-0.4, -0.2) is 191 Å². The highest BCUT2D eigenvalue weighted by Crippen LogP contribution is 2.36. The number of amides is 8. The van der Waals surface area contributed by atoms with Gasteiger partial charge in [-0.05, 0) is 294 Å². The second-order valence-electron chi connectivity index (χ2n) is 33.8. The first kappa shape index (κ1) is 103. The summed E-state index contributed by atoms with van der Waals surface area (Å²) in [6, 6.07) is 55.6. The average molecular weight is 1860 g/mol. The van der Waals surface area contributed by atoms with E-state index in [-0.39, 0.29) is 93.4 Å². The van der Waals surface area contributed by atoms with Crippen LogP contribution in [0.25, 0.3) is 47.1 Å². The Hall–Kier alpha value is -15.0. The lowest BCUT2D eigenvalue weighted by Crippen LogP contribution is -2.42. The van der Waals surface area contributed by atoms with Crippen molar-refractivity contribution >= 4 is 101 Å². The fraction of sp³-hybridized carbons (Fsp3) is 0.339. The van der Waals surface area contributed by atoms with E-state index < -0.39 is 0 Å². The second-order valence-corrected chi connectivity index (χ2v) is 33.8. The van der Waals surface area contributed by atoms with E-state index >= 15 is 0 Å². The molecule has 0 unspecified atom stereocenters. The first-order valence-corrected chi connectivity index (χ1v) is 47.1. The summed E-state index contributed by atoms with van der Waals surface area (Å²) in [5, 5.41) is 12.0. The molecule has 0 radical (unpaired) electrons. The van der Waals surface area contributed by atoms with E-state index in [9.17, 15) is 57.5 Å². The fourth-order valence-corrected chi connectivity index (χ4v) is 16.7. The van der Waals surface area contributed by atoms with Crippen LogP contribution in [0.3, 0.4) is 0 Å². The molecule has 4 aromatic heterocycles. The second kappa shape index (κ2) is 47.3. The minimum atomic E-state index is -0.357. The minimum absolute atomic E-state index is 0.144. The number of ether oxygens (including phenoxy) is 4. The Bertz CT molecular complexity index is 6180. The lowest BCUT2D eigenvalue weighted by molar-refractivity contribution is -0.148. The molecule has 6 aromatic carbocycles. The molecule has 10 aromatic rings. The normalized spacial score (nSPS) is 14.3. The lowest BCUT2D eigenvalue weighted by atomic mass is 10.1. The molecule has 14 rings (SSSR count). The number of unbranched alkanes of at least 4 members (excludes halogenated alkanes) is 5. The topological polar surface area (TPSA) is 287 Å². The van der Waals surface area contributed by atoms with E-state index in [0.29, 0.717) is 87.1 Å². The number of hydrogen-bond acceptors (Lipinski definition) is 16. The van der Waals surface area contributed by atoms with E-state index in [0.717, 1.165) is 160 Å². The summed E-state index contributed by atoms with van der Waals surface area (Å²) in [4.78, 5) is 153. The van der Waals surface area contributed by atoms with Gasteiger partial charge in [0.2, 0.25) is 0 Å². The summed E-state index contributed by atoms with van der Waals surface area (Å²) in [6.45, 7) is 35.1. The summed E-state index contributed by atoms with van der Waals surface area (Å²) >= 11 is 0. The van der Waals surface area contributed by atoms with E-state index in [1.807, 2.05) is 209 Å². The molecule has 0 spiro atoms. The molecule has 0 saturated carbocycles. The van der Waals surface area contributed by atoms with Gasteiger partial charge < -0.3 is 37.2 Å². The van der Waals surface area contributed by atoms with Gasteiger partial charge >= 0.3 is 23.9 Å². The van der Waals surface area contributed by atoms with Crippen LogP contribution in [0.4, 0.5) is 5.69 Å². The molecule has 4 aliphatic rings.